The van der Waals surface area contributed by atoms with E-state index >= 15 is 0 Å². The van der Waals surface area contributed by atoms with Crippen LogP contribution in [-0.4, -0.2) is 79.7 Å². The third kappa shape index (κ3) is 19.6. The van der Waals surface area contributed by atoms with Gasteiger partial charge in [0.1, 0.15) is 11.2 Å². The van der Waals surface area contributed by atoms with Crippen LogP contribution >= 0.6 is 0 Å². The monoisotopic (exact) mass is 1510 g/mol. The average Bonchev–Trinajstić information content (AvgIpc) is 2.11. The van der Waals surface area contributed by atoms with Crippen molar-refractivity contribution in [3.8, 4) is 45.0 Å². The number of aromatic nitrogens is 4. The van der Waals surface area contributed by atoms with Crippen LogP contribution in [0.4, 0.5) is 0 Å². The van der Waals surface area contributed by atoms with Gasteiger partial charge in [0.2, 0.25) is 0 Å². The molecule has 2 N–H and O–H groups in total. The van der Waals surface area contributed by atoms with E-state index in [0.29, 0.717) is 6.26 Å². The Morgan fingerprint density at radius 2 is 0.829 bits per heavy atom. The molecular weight excluding hydrogens is 1430 g/mol. The first-order valence-electron chi connectivity index (χ1n) is 26.2. The number of nitrogens with zero attached hydrogens (tertiary/aromatic N) is 4. The molecule has 0 bridgehead atoms. The Bertz CT molecular complexity index is 3590. The molecule has 0 saturated carbocycles. The largest absolute Gasteiger partial charge is 0.748 e. The third-order valence-corrected chi connectivity index (χ3v) is 15.9. The van der Waals surface area contributed by atoms with Crippen molar-refractivity contribution in [3.05, 3.63) is 231 Å². The maximum atomic E-state index is 9.08. The minimum Gasteiger partial charge on any atom is -0.748 e. The minimum absolute atomic E-state index is 0. The third-order valence-electron chi connectivity index (χ3n) is 11.8. The SMILES string of the molecule is C.CO.CO.CS(=O)(=O)[O-].C[Si](C)(C)c1ccc2oc3c(-c4ccccn4)[c-]ccc3c2c1.C[Si](C)(C)c1ccc2oc3c(-c4ccccn4)[c-]ccc3c2c1.[2HH].[2H][2H].[Ir].[Ir].[c-]1ccccc1-c1ccccn1.c1ccc(-c2ccccn2)cc1. The molecule has 0 fully saturated rings. The van der Waals surface area contributed by atoms with Crippen LogP contribution < -0.4 is 10.4 Å². The van der Waals surface area contributed by atoms with Crippen molar-refractivity contribution in [1.29, 1.82) is 0 Å². The Morgan fingerprint density at radius 1 is 0.463 bits per heavy atom. The van der Waals surface area contributed by atoms with Gasteiger partial charge in [0.25, 0.3) is 0 Å². The molecule has 6 aromatic carbocycles. The first kappa shape index (κ1) is 67.6. The Balaban J connectivity index is 0.000000544. The summed E-state index contributed by atoms with van der Waals surface area (Å²) in [6, 6.07) is 72.6. The number of aliphatic hydroxyl groups excluding tert-OH is 2. The Labute approximate surface area is 516 Å². The quantitative estimate of drug-likeness (QED) is 0.0920. The number of hydrogen-bond donors (Lipinski definition) is 2. The molecule has 12 rings (SSSR count). The van der Waals surface area contributed by atoms with Gasteiger partial charge in [0.15, 0.2) is 0 Å². The Kier molecular flexibility index (Phi) is 27.4. The molecule has 0 aliphatic heterocycles. The van der Waals surface area contributed by atoms with E-state index in [0.717, 1.165) is 92.4 Å². The second kappa shape index (κ2) is 33.3. The molecule has 11 nitrogen and oxygen atoms in total. The topological polar surface area (TPSA) is 175 Å². The fourth-order valence-electron chi connectivity index (χ4n) is 8.04. The molecule has 0 atom stereocenters. The zero-order chi connectivity index (χ0) is 59.0. The Morgan fingerprint density at radius 3 is 1.18 bits per heavy atom. The van der Waals surface area contributed by atoms with E-state index in [-0.39, 0.29) is 49.1 Å². The van der Waals surface area contributed by atoms with E-state index in [1.54, 1.807) is 18.6 Å². The van der Waals surface area contributed by atoms with Crippen LogP contribution in [-0.2, 0) is 50.3 Å². The van der Waals surface area contributed by atoms with E-state index in [4.69, 9.17) is 35.0 Å². The molecule has 0 amide bonds. The van der Waals surface area contributed by atoms with Gasteiger partial charge in [-0.15, -0.1) is 72.3 Å². The van der Waals surface area contributed by atoms with E-state index in [9.17, 15) is 0 Å². The van der Waals surface area contributed by atoms with Gasteiger partial charge in [-0.2, -0.15) is 0 Å². The predicted octanol–water partition coefficient (Wildman–Crippen LogP) is 14.8. The number of hydrogen-bond acceptors (Lipinski definition) is 11. The van der Waals surface area contributed by atoms with Crippen molar-refractivity contribution in [2.45, 2.75) is 46.7 Å². The first-order valence-corrected chi connectivity index (χ1v) is 34.1. The van der Waals surface area contributed by atoms with Crippen LogP contribution in [0.15, 0.2) is 222 Å². The summed E-state index contributed by atoms with van der Waals surface area (Å²) >= 11 is 0. The van der Waals surface area contributed by atoms with Gasteiger partial charge in [-0.25, -0.2) is 8.42 Å². The summed E-state index contributed by atoms with van der Waals surface area (Å²) in [5.41, 5.74) is 11.4. The number of rotatable bonds is 6. The second-order valence-corrected chi connectivity index (χ2v) is 31.1. The van der Waals surface area contributed by atoms with Crippen molar-refractivity contribution in [3.63, 3.8) is 0 Å². The molecule has 82 heavy (non-hydrogen) atoms. The summed E-state index contributed by atoms with van der Waals surface area (Å²) in [5.74, 6) is 0. The van der Waals surface area contributed by atoms with Crippen LogP contribution in [0, 0.1) is 18.2 Å². The molecule has 16 heteroatoms. The molecule has 0 aliphatic rings. The number of pyridine rings is 4. The number of furan rings is 2. The Hall–Kier alpha value is -6.92. The van der Waals surface area contributed by atoms with Gasteiger partial charge in [-0.05, 0) is 59.5 Å². The fraction of sp³-hybridized carbons (Fsp3) is 0.152. The number of benzene rings is 6. The van der Waals surface area contributed by atoms with Gasteiger partial charge in [0.05, 0.1) is 43.1 Å². The van der Waals surface area contributed by atoms with Gasteiger partial charge in [-0.1, -0.05) is 176 Å². The van der Waals surface area contributed by atoms with Crippen molar-refractivity contribution in [1.82, 2.24) is 19.9 Å². The predicted molar refractivity (Wildman–Crippen MR) is 339 cm³/mol. The van der Waals surface area contributed by atoms with Crippen molar-refractivity contribution < 1.29 is 76.6 Å². The summed E-state index contributed by atoms with van der Waals surface area (Å²) in [5, 5.41) is 21.5. The second-order valence-electron chi connectivity index (χ2n) is 19.5. The normalized spacial score (nSPS) is 10.6. The average molecular weight is 1510 g/mol. The molecule has 2 radical (unpaired) electrons. The number of aliphatic hydroxyl groups is 2. The van der Waals surface area contributed by atoms with Crippen LogP contribution in [0.5, 0.6) is 0 Å². The summed E-state index contributed by atoms with van der Waals surface area (Å²) in [6.45, 7) is 14.2. The molecule has 0 unspecified atom stereocenters. The number of fused-ring (bicyclic) bond motifs is 6. The maximum absolute atomic E-state index is 9.08. The molecule has 0 spiro atoms. The van der Waals surface area contributed by atoms with E-state index in [2.05, 4.69) is 138 Å². The summed E-state index contributed by atoms with van der Waals surface area (Å²) in [7, 11) is -4.62. The molecule has 6 heterocycles. The molecule has 434 valence electrons. The van der Waals surface area contributed by atoms with Crippen molar-refractivity contribution in [2.75, 3.05) is 20.5 Å². The zero-order valence-electron chi connectivity index (χ0n) is 48.5. The van der Waals surface area contributed by atoms with Gasteiger partial charge in [-0.3, -0.25) is 4.98 Å². The molecule has 6 aromatic heterocycles. The zero-order valence-corrected chi connectivity index (χ0v) is 54.1. The van der Waals surface area contributed by atoms with Crippen LogP contribution in [0.2, 0.25) is 39.3 Å². The van der Waals surface area contributed by atoms with Gasteiger partial charge >= 0.3 is 0 Å². The van der Waals surface area contributed by atoms with E-state index in [1.807, 2.05) is 134 Å². The molecule has 12 aromatic rings. The van der Waals surface area contributed by atoms with Gasteiger partial charge in [0, 0.05) is 106 Å². The fourth-order valence-corrected chi connectivity index (χ4v) is 10.4. The van der Waals surface area contributed by atoms with Crippen molar-refractivity contribution in [2.24, 2.45) is 0 Å². The van der Waals surface area contributed by atoms with E-state index in [1.165, 1.54) is 21.1 Å². The van der Waals surface area contributed by atoms with Gasteiger partial charge < -0.3 is 38.6 Å². The first-order chi connectivity index (χ1) is 39.0. The van der Waals surface area contributed by atoms with Crippen molar-refractivity contribution >= 4 is 80.5 Å². The van der Waals surface area contributed by atoms with Crippen LogP contribution in [0.1, 0.15) is 11.8 Å². The molecule has 0 aliphatic carbocycles. The van der Waals surface area contributed by atoms with Crippen LogP contribution in [0.25, 0.3) is 88.9 Å². The van der Waals surface area contributed by atoms with E-state index < -0.39 is 26.3 Å². The molecule has 0 saturated heterocycles. The summed E-state index contributed by atoms with van der Waals surface area (Å²) in [4.78, 5) is 17.4. The molecular formula is C66H72Ir2N4O7SSi2-4. The van der Waals surface area contributed by atoms with Crippen LogP contribution in [0.3, 0.4) is 0 Å². The summed E-state index contributed by atoms with van der Waals surface area (Å²) < 4.78 is 49.5. The smallest absolute Gasteiger partial charge is 0.120 e. The maximum Gasteiger partial charge on any atom is 0.120 e. The standard InChI is InChI=1S/2C20H18NOSi.C11H9N.C11H8N.CH4O3S.2CH4O.CH4.2Ir.2H2/c2*1-23(2,3)14-10-11-19-17(13-14)15-7-6-8-16(20(15)22-19)18-9-4-5-12-21-18;2*1-2-6-10(7-3-1)11-8-4-5-9-12-11;1-5(2,3)4;2*1-2;;;;;/h2*4-7,9-13H,1-3H3;1-9H;1-6,8-9H;1H3,(H,2,3,4);2*2H,1H3;1H4;;;2*1H/q2*-1;;-1;;;;;;;;/p-1/i;;;;;;;;;;1+1D;1+1. The summed E-state index contributed by atoms with van der Waals surface area (Å²) in [6.07, 6.45) is 7.80. The minimum atomic E-state index is -3.92.